The van der Waals surface area contributed by atoms with Gasteiger partial charge in [0, 0.05) is 16.6 Å². The van der Waals surface area contributed by atoms with Gasteiger partial charge in [-0.2, -0.15) is 0 Å². The van der Waals surface area contributed by atoms with Gasteiger partial charge >= 0.3 is 0 Å². The molecule has 2 aromatic carbocycles. The van der Waals surface area contributed by atoms with Crippen LogP contribution in [0.15, 0.2) is 46.9 Å². The summed E-state index contributed by atoms with van der Waals surface area (Å²) in [5.74, 6) is 0. The maximum atomic E-state index is 10.8. The van der Waals surface area contributed by atoms with Crippen LogP contribution in [0.2, 0.25) is 0 Å². The molecule has 0 aliphatic rings. The third-order valence-electron chi connectivity index (χ3n) is 2.89. The molecular formula is C15H9BrN2O2S. The SMILES string of the molecule is O=[N+]([O-])c1ccc2sc(C=Cc3ccc(Br)cc3)nc2c1. The Morgan fingerprint density at radius 2 is 1.90 bits per heavy atom. The number of nitro groups is 1. The summed E-state index contributed by atoms with van der Waals surface area (Å²) in [5.41, 5.74) is 1.80. The Labute approximate surface area is 133 Å². The summed E-state index contributed by atoms with van der Waals surface area (Å²) in [4.78, 5) is 14.8. The molecule has 4 nitrogen and oxygen atoms in total. The first kappa shape index (κ1) is 13.9. The highest BCUT2D eigenvalue weighted by Gasteiger charge is 2.09. The van der Waals surface area contributed by atoms with Crippen molar-refractivity contribution in [1.29, 1.82) is 0 Å². The van der Waals surface area contributed by atoms with Gasteiger partial charge in [0.2, 0.25) is 0 Å². The van der Waals surface area contributed by atoms with Crippen molar-refractivity contribution in [1.82, 2.24) is 4.98 Å². The molecule has 3 aromatic rings. The molecule has 0 spiro atoms. The summed E-state index contributed by atoms with van der Waals surface area (Å²) in [5, 5.41) is 11.6. The quantitative estimate of drug-likeness (QED) is 0.480. The lowest BCUT2D eigenvalue weighted by molar-refractivity contribution is -0.384. The first-order valence-electron chi connectivity index (χ1n) is 6.10. The van der Waals surface area contributed by atoms with E-state index in [1.165, 1.54) is 23.5 Å². The molecule has 1 aromatic heterocycles. The van der Waals surface area contributed by atoms with Crippen LogP contribution in [0, 0.1) is 10.1 Å². The molecule has 6 heteroatoms. The average Bonchev–Trinajstić information content (AvgIpc) is 2.88. The summed E-state index contributed by atoms with van der Waals surface area (Å²) in [6.07, 6.45) is 3.89. The Morgan fingerprint density at radius 1 is 1.14 bits per heavy atom. The summed E-state index contributed by atoms with van der Waals surface area (Å²) in [7, 11) is 0. The number of nitrogens with zero attached hydrogens (tertiary/aromatic N) is 2. The zero-order chi connectivity index (χ0) is 14.8. The van der Waals surface area contributed by atoms with E-state index in [2.05, 4.69) is 20.9 Å². The maximum absolute atomic E-state index is 10.8. The second-order valence-corrected chi connectivity index (χ2v) is 6.32. The van der Waals surface area contributed by atoms with Crippen molar-refractivity contribution in [3.63, 3.8) is 0 Å². The lowest BCUT2D eigenvalue weighted by Crippen LogP contribution is -1.86. The van der Waals surface area contributed by atoms with Crippen LogP contribution in [0.1, 0.15) is 10.6 Å². The van der Waals surface area contributed by atoms with Crippen LogP contribution in [0.25, 0.3) is 22.4 Å². The lowest BCUT2D eigenvalue weighted by atomic mass is 10.2. The Morgan fingerprint density at radius 3 is 2.62 bits per heavy atom. The summed E-state index contributed by atoms with van der Waals surface area (Å²) in [6.45, 7) is 0. The molecule has 0 radical (unpaired) electrons. The number of hydrogen-bond donors (Lipinski definition) is 0. The number of halogens is 1. The first-order valence-corrected chi connectivity index (χ1v) is 7.71. The lowest BCUT2D eigenvalue weighted by Gasteiger charge is -1.92. The highest BCUT2D eigenvalue weighted by atomic mass is 79.9. The third kappa shape index (κ3) is 3.17. The molecule has 1 heterocycles. The molecule has 0 saturated heterocycles. The minimum atomic E-state index is -0.407. The van der Waals surface area contributed by atoms with E-state index in [1.807, 2.05) is 36.4 Å². The largest absolute Gasteiger partial charge is 0.271 e. The van der Waals surface area contributed by atoms with E-state index in [0.717, 1.165) is 19.7 Å². The Hall–Kier alpha value is -2.05. The number of hydrogen-bond acceptors (Lipinski definition) is 4. The fourth-order valence-electron chi connectivity index (χ4n) is 1.86. The smallest absolute Gasteiger partial charge is 0.258 e. The molecule has 0 saturated carbocycles. The molecule has 21 heavy (non-hydrogen) atoms. The number of thiazole rings is 1. The second-order valence-electron chi connectivity index (χ2n) is 4.35. The summed E-state index contributed by atoms with van der Waals surface area (Å²) in [6, 6.07) is 12.7. The van der Waals surface area contributed by atoms with E-state index in [0.29, 0.717) is 5.52 Å². The number of non-ortho nitro benzene ring substituents is 1. The van der Waals surface area contributed by atoms with Crippen molar-refractivity contribution >= 4 is 55.3 Å². The number of aromatic nitrogens is 1. The number of rotatable bonds is 3. The highest BCUT2D eigenvalue weighted by Crippen LogP contribution is 2.27. The minimum absolute atomic E-state index is 0.0660. The van der Waals surface area contributed by atoms with Gasteiger partial charge in [0.1, 0.15) is 5.01 Å². The van der Waals surface area contributed by atoms with Crippen molar-refractivity contribution in [2.45, 2.75) is 0 Å². The van der Waals surface area contributed by atoms with Gasteiger partial charge in [-0.1, -0.05) is 34.1 Å². The van der Waals surface area contributed by atoms with Gasteiger partial charge in [0.15, 0.2) is 0 Å². The molecule has 104 valence electrons. The zero-order valence-corrected chi connectivity index (χ0v) is 13.1. The number of fused-ring (bicyclic) bond motifs is 1. The Balaban J connectivity index is 1.90. The van der Waals surface area contributed by atoms with Crippen LogP contribution >= 0.6 is 27.3 Å². The summed E-state index contributed by atoms with van der Waals surface area (Å²) >= 11 is 4.90. The monoisotopic (exact) mass is 360 g/mol. The minimum Gasteiger partial charge on any atom is -0.258 e. The van der Waals surface area contributed by atoms with Crippen molar-refractivity contribution in [3.8, 4) is 0 Å². The summed E-state index contributed by atoms with van der Waals surface area (Å²) < 4.78 is 1.98. The molecule has 0 fully saturated rings. The van der Waals surface area contributed by atoms with Crippen LogP contribution in [0.5, 0.6) is 0 Å². The predicted octanol–water partition coefficient (Wildman–Crippen LogP) is 5.14. The fraction of sp³-hybridized carbons (Fsp3) is 0. The molecule has 0 unspecified atom stereocenters. The standard InChI is InChI=1S/C15H9BrN2O2S/c16-11-4-1-10(2-5-11)3-8-15-17-13-9-12(18(19)20)6-7-14(13)21-15/h1-9H. The molecular weight excluding hydrogens is 352 g/mol. The van der Waals surface area contributed by atoms with Gasteiger partial charge in [-0.15, -0.1) is 11.3 Å². The van der Waals surface area contributed by atoms with Gasteiger partial charge in [-0.05, 0) is 29.8 Å². The van der Waals surface area contributed by atoms with Crippen LogP contribution in [-0.4, -0.2) is 9.91 Å². The first-order chi connectivity index (χ1) is 10.1. The van der Waals surface area contributed by atoms with E-state index in [9.17, 15) is 10.1 Å². The number of benzene rings is 2. The fourth-order valence-corrected chi connectivity index (χ4v) is 2.97. The van der Waals surface area contributed by atoms with Gasteiger partial charge in [-0.25, -0.2) is 4.98 Å². The molecule has 0 amide bonds. The Bertz CT molecular complexity index is 841. The van der Waals surface area contributed by atoms with Crippen LogP contribution in [0.4, 0.5) is 5.69 Å². The van der Waals surface area contributed by atoms with E-state index in [1.54, 1.807) is 6.07 Å². The van der Waals surface area contributed by atoms with Crippen molar-refractivity contribution in [3.05, 3.63) is 67.6 Å². The molecule has 0 aliphatic carbocycles. The molecule has 0 atom stereocenters. The van der Waals surface area contributed by atoms with Gasteiger partial charge < -0.3 is 0 Å². The van der Waals surface area contributed by atoms with Crippen LogP contribution < -0.4 is 0 Å². The van der Waals surface area contributed by atoms with Gasteiger partial charge in [-0.3, -0.25) is 10.1 Å². The number of nitro benzene ring substituents is 1. The maximum Gasteiger partial charge on any atom is 0.271 e. The van der Waals surface area contributed by atoms with Crippen LogP contribution in [-0.2, 0) is 0 Å². The Kier molecular flexibility index (Phi) is 3.81. The van der Waals surface area contributed by atoms with Crippen molar-refractivity contribution in [2.75, 3.05) is 0 Å². The topological polar surface area (TPSA) is 56.0 Å². The van der Waals surface area contributed by atoms with E-state index >= 15 is 0 Å². The second kappa shape index (κ2) is 5.75. The van der Waals surface area contributed by atoms with E-state index in [-0.39, 0.29) is 5.69 Å². The van der Waals surface area contributed by atoms with Crippen LogP contribution in [0.3, 0.4) is 0 Å². The molecule has 0 N–H and O–H groups in total. The van der Waals surface area contributed by atoms with E-state index < -0.39 is 4.92 Å². The van der Waals surface area contributed by atoms with Gasteiger partial charge in [0.05, 0.1) is 15.1 Å². The zero-order valence-electron chi connectivity index (χ0n) is 10.7. The van der Waals surface area contributed by atoms with Crippen molar-refractivity contribution in [2.24, 2.45) is 0 Å². The highest BCUT2D eigenvalue weighted by molar-refractivity contribution is 9.10. The van der Waals surface area contributed by atoms with E-state index in [4.69, 9.17) is 0 Å². The van der Waals surface area contributed by atoms with Gasteiger partial charge in [0.25, 0.3) is 5.69 Å². The molecule has 0 bridgehead atoms. The van der Waals surface area contributed by atoms with Crippen molar-refractivity contribution < 1.29 is 4.92 Å². The third-order valence-corrected chi connectivity index (χ3v) is 4.42. The predicted molar refractivity (Wildman–Crippen MR) is 89.3 cm³/mol. The molecule has 3 rings (SSSR count). The molecule has 0 aliphatic heterocycles. The normalized spacial score (nSPS) is 11.3. The average molecular weight is 361 g/mol.